The van der Waals surface area contributed by atoms with E-state index in [1.165, 1.54) is 0 Å². The van der Waals surface area contributed by atoms with Gasteiger partial charge in [0.05, 0.1) is 6.61 Å². The average Bonchev–Trinajstić information content (AvgIpc) is 2.71. The first kappa shape index (κ1) is 13.5. The molecule has 1 aromatic carbocycles. The first-order chi connectivity index (χ1) is 9.10. The highest BCUT2D eigenvalue weighted by molar-refractivity contribution is 6.30. The Morgan fingerprint density at radius 3 is 2.95 bits per heavy atom. The summed E-state index contributed by atoms with van der Waals surface area (Å²) in [5, 5.41) is 4.72. The van der Waals surface area contributed by atoms with Crippen molar-refractivity contribution in [3.8, 4) is 0 Å². The van der Waals surface area contributed by atoms with Crippen LogP contribution in [0.4, 0.5) is 0 Å². The van der Waals surface area contributed by atoms with Crippen LogP contribution in [0.25, 0.3) is 0 Å². The zero-order valence-corrected chi connectivity index (χ0v) is 11.5. The van der Waals surface area contributed by atoms with Gasteiger partial charge in [0.1, 0.15) is 5.82 Å². The first-order valence-electron chi connectivity index (χ1n) is 5.91. The van der Waals surface area contributed by atoms with E-state index in [2.05, 4.69) is 10.1 Å². The molecule has 0 fully saturated rings. The molecule has 0 aliphatic carbocycles. The Balaban J connectivity index is 2.19. The summed E-state index contributed by atoms with van der Waals surface area (Å²) in [4.78, 5) is 15.7. The van der Waals surface area contributed by atoms with Gasteiger partial charge >= 0.3 is 5.97 Å². The van der Waals surface area contributed by atoms with Crippen LogP contribution in [-0.2, 0) is 18.2 Å². The van der Waals surface area contributed by atoms with E-state index in [9.17, 15) is 4.79 Å². The number of halogens is 1. The van der Waals surface area contributed by atoms with Crippen molar-refractivity contribution < 1.29 is 9.53 Å². The fourth-order valence-corrected chi connectivity index (χ4v) is 1.90. The Bertz CT molecular complexity index is 595. The molecule has 2 rings (SSSR count). The molecule has 1 aromatic heterocycles. The number of benzene rings is 1. The van der Waals surface area contributed by atoms with E-state index in [0.717, 1.165) is 5.56 Å². The van der Waals surface area contributed by atoms with E-state index >= 15 is 0 Å². The Kier molecular flexibility index (Phi) is 4.16. The number of hydrogen-bond acceptors (Lipinski definition) is 4. The van der Waals surface area contributed by atoms with Gasteiger partial charge in [0.25, 0.3) is 5.82 Å². The summed E-state index contributed by atoms with van der Waals surface area (Å²) in [5.41, 5.74) is 1.01. The van der Waals surface area contributed by atoms with Crippen LogP contribution in [0.15, 0.2) is 24.3 Å². The zero-order valence-electron chi connectivity index (χ0n) is 10.8. The minimum atomic E-state index is -0.504. The molecule has 19 heavy (non-hydrogen) atoms. The van der Waals surface area contributed by atoms with Crippen molar-refractivity contribution in [1.82, 2.24) is 14.8 Å². The van der Waals surface area contributed by atoms with Crippen LogP contribution >= 0.6 is 11.6 Å². The lowest BCUT2D eigenvalue weighted by Crippen LogP contribution is -2.07. The zero-order chi connectivity index (χ0) is 13.8. The van der Waals surface area contributed by atoms with E-state index in [4.69, 9.17) is 16.3 Å². The summed E-state index contributed by atoms with van der Waals surface area (Å²) in [6.07, 6.45) is 0.559. The molecule has 6 heteroatoms. The van der Waals surface area contributed by atoms with E-state index in [1.807, 2.05) is 24.3 Å². The number of hydrogen-bond donors (Lipinski definition) is 0. The summed E-state index contributed by atoms with van der Waals surface area (Å²) in [5.74, 6) is 0.266. The highest BCUT2D eigenvalue weighted by Crippen LogP contribution is 2.13. The molecule has 0 radical (unpaired) electrons. The van der Waals surface area contributed by atoms with Gasteiger partial charge in [-0.3, -0.25) is 4.68 Å². The molecule has 100 valence electrons. The van der Waals surface area contributed by atoms with E-state index in [0.29, 0.717) is 23.9 Å². The number of aryl methyl sites for hydroxylation is 1. The molecule has 0 unspecified atom stereocenters. The van der Waals surface area contributed by atoms with Crippen LogP contribution in [0.1, 0.15) is 28.9 Å². The van der Waals surface area contributed by atoms with Gasteiger partial charge in [-0.15, -0.1) is 5.10 Å². The number of carbonyl (C=O) groups is 1. The Morgan fingerprint density at radius 1 is 1.47 bits per heavy atom. The summed E-state index contributed by atoms with van der Waals surface area (Å²) in [6, 6.07) is 7.50. The van der Waals surface area contributed by atoms with Crippen molar-refractivity contribution in [2.24, 2.45) is 7.05 Å². The minimum absolute atomic E-state index is 0.0846. The van der Waals surface area contributed by atoms with Crippen LogP contribution in [0.3, 0.4) is 0 Å². The predicted octanol–water partition coefficient (Wildman–Crippen LogP) is 2.24. The molecule has 0 spiro atoms. The smallest absolute Gasteiger partial charge is 0.378 e. The van der Waals surface area contributed by atoms with Crippen LogP contribution in [0, 0.1) is 0 Å². The number of nitrogens with zero attached hydrogens (tertiary/aromatic N) is 3. The van der Waals surface area contributed by atoms with Gasteiger partial charge in [-0.25, -0.2) is 9.78 Å². The maximum Gasteiger partial charge on any atom is 0.378 e. The van der Waals surface area contributed by atoms with Gasteiger partial charge in [-0.05, 0) is 24.6 Å². The highest BCUT2D eigenvalue weighted by atomic mass is 35.5. The largest absolute Gasteiger partial charge is 0.460 e. The normalized spacial score (nSPS) is 10.5. The number of rotatable bonds is 4. The maximum absolute atomic E-state index is 11.5. The number of aromatic nitrogens is 3. The van der Waals surface area contributed by atoms with Crippen LogP contribution in [-0.4, -0.2) is 27.3 Å². The molecule has 0 aliphatic rings. The highest BCUT2D eigenvalue weighted by Gasteiger charge is 2.15. The Labute approximate surface area is 116 Å². The number of esters is 1. The van der Waals surface area contributed by atoms with E-state index in [-0.39, 0.29) is 5.82 Å². The quantitative estimate of drug-likeness (QED) is 0.806. The lowest BCUT2D eigenvalue weighted by Gasteiger charge is -2.00. The van der Waals surface area contributed by atoms with E-state index < -0.39 is 5.97 Å². The molecule has 0 atom stereocenters. The summed E-state index contributed by atoms with van der Waals surface area (Å²) in [7, 11) is 1.75. The summed E-state index contributed by atoms with van der Waals surface area (Å²) >= 11 is 5.93. The molecule has 0 saturated carbocycles. The molecule has 0 saturated heterocycles. The minimum Gasteiger partial charge on any atom is -0.460 e. The van der Waals surface area contributed by atoms with Gasteiger partial charge in [-0.1, -0.05) is 23.7 Å². The van der Waals surface area contributed by atoms with Crippen LogP contribution < -0.4 is 0 Å². The van der Waals surface area contributed by atoms with E-state index in [1.54, 1.807) is 18.7 Å². The van der Waals surface area contributed by atoms with Gasteiger partial charge in [0.15, 0.2) is 0 Å². The molecular weight excluding hydrogens is 266 g/mol. The standard InChI is InChI=1S/C13H14ClN3O2/c1-3-19-13(18)12-15-11(17(2)16-12)8-9-5-4-6-10(14)7-9/h4-7H,3,8H2,1-2H3. The lowest BCUT2D eigenvalue weighted by atomic mass is 10.1. The lowest BCUT2D eigenvalue weighted by molar-refractivity contribution is 0.0512. The number of ether oxygens (including phenoxy) is 1. The topological polar surface area (TPSA) is 57.0 Å². The molecule has 0 aliphatic heterocycles. The van der Waals surface area contributed by atoms with Crippen LogP contribution in [0.2, 0.25) is 5.02 Å². The van der Waals surface area contributed by atoms with Gasteiger partial charge in [0.2, 0.25) is 0 Å². The second-order valence-electron chi connectivity index (χ2n) is 4.00. The average molecular weight is 280 g/mol. The van der Waals surface area contributed by atoms with Crippen molar-refractivity contribution in [1.29, 1.82) is 0 Å². The van der Waals surface area contributed by atoms with Crippen molar-refractivity contribution >= 4 is 17.6 Å². The molecular formula is C13H14ClN3O2. The molecule has 0 bridgehead atoms. The first-order valence-corrected chi connectivity index (χ1v) is 6.29. The Hall–Kier alpha value is -1.88. The van der Waals surface area contributed by atoms with Crippen LogP contribution in [0.5, 0.6) is 0 Å². The second kappa shape index (κ2) is 5.84. The monoisotopic (exact) mass is 279 g/mol. The maximum atomic E-state index is 11.5. The fraction of sp³-hybridized carbons (Fsp3) is 0.308. The summed E-state index contributed by atoms with van der Waals surface area (Å²) in [6.45, 7) is 2.05. The van der Waals surface area contributed by atoms with Gasteiger partial charge in [-0.2, -0.15) is 0 Å². The van der Waals surface area contributed by atoms with Crippen molar-refractivity contribution in [3.05, 3.63) is 46.5 Å². The fourth-order valence-electron chi connectivity index (χ4n) is 1.68. The third kappa shape index (κ3) is 3.32. The van der Waals surface area contributed by atoms with Crippen molar-refractivity contribution in [2.45, 2.75) is 13.3 Å². The van der Waals surface area contributed by atoms with Crippen molar-refractivity contribution in [3.63, 3.8) is 0 Å². The third-order valence-corrected chi connectivity index (χ3v) is 2.80. The molecule has 0 N–H and O–H groups in total. The predicted molar refractivity (Wildman–Crippen MR) is 71.2 cm³/mol. The summed E-state index contributed by atoms with van der Waals surface area (Å²) < 4.78 is 6.44. The SMILES string of the molecule is CCOC(=O)c1nc(Cc2cccc(Cl)c2)n(C)n1. The second-order valence-corrected chi connectivity index (χ2v) is 4.44. The molecule has 2 aromatic rings. The van der Waals surface area contributed by atoms with Gasteiger partial charge in [0, 0.05) is 18.5 Å². The third-order valence-electron chi connectivity index (χ3n) is 2.56. The van der Waals surface area contributed by atoms with Gasteiger partial charge < -0.3 is 4.74 Å². The van der Waals surface area contributed by atoms with Crippen molar-refractivity contribution in [2.75, 3.05) is 6.61 Å². The molecule has 0 amide bonds. The molecule has 1 heterocycles. The Morgan fingerprint density at radius 2 is 2.26 bits per heavy atom. The molecule has 5 nitrogen and oxygen atoms in total. The number of carbonyl (C=O) groups excluding carboxylic acids is 1.